The van der Waals surface area contributed by atoms with Crippen molar-refractivity contribution in [2.45, 2.75) is 18.9 Å². The number of hydrogen-bond acceptors (Lipinski definition) is 6. The van der Waals surface area contributed by atoms with Crippen LogP contribution in [0.15, 0.2) is 53.3 Å². The van der Waals surface area contributed by atoms with Crippen molar-refractivity contribution in [3.8, 4) is 22.6 Å². The van der Waals surface area contributed by atoms with Gasteiger partial charge in [-0.3, -0.25) is 4.68 Å². The van der Waals surface area contributed by atoms with E-state index in [2.05, 4.69) is 15.1 Å². The predicted molar refractivity (Wildman–Crippen MR) is 110 cm³/mol. The first kappa shape index (κ1) is 17.8. The summed E-state index contributed by atoms with van der Waals surface area (Å²) in [5.41, 5.74) is 10.1. The third kappa shape index (κ3) is 3.37. The smallest absolute Gasteiger partial charge is 0.231 e. The van der Waals surface area contributed by atoms with E-state index in [1.807, 2.05) is 47.4 Å². The molecule has 1 fully saturated rings. The lowest BCUT2D eigenvalue weighted by Gasteiger charge is -2.43. The standard InChI is InChI=1S/C21H22N6O2/c1-27(28)8-6-16(7-9-27)26-13-15(12-24-26)14-10-17(20(22)23-11-14)21-25-18-4-2-3-5-19(18)29-21/h2-5,10-13,16H,6-9H2,1H3,(H2,22,23). The fourth-order valence-electron chi connectivity index (χ4n) is 3.84. The van der Waals surface area contributed by atoms with Crippen LogP contribution in [0.25, 0.3) is 33.7 Å². The summed E-state index contributed by atoms with van der Waals surface area (Å²) >= 11 is 0. The SMILES string of the molecule is C[N+]1([O-])CCC(n2cc(-c3cnc(N)c(-c4nc5ccccc5o4)c3)cn2)CC1. The normalized spacial score (nSPS) is 22.2. The largest absolute Gasteiger partial charge is 0.633 e. The van der Waals surface area contributed by atoms with Gasteiger partial charge in [-0.25, -0.2) is 9.97 Å². The maximum atomic E-state index is 12.1. The maximum absolute atomic E-state index is 12.1. The number of quaternary nitrogens is 1. The molecule has 8 heteroatoms. The van der Waals surface area contributed by atoms with Crippen LogP contribution < -0.4 is 5.73 Å². The molecule has 1 saturated heterocycles. The van der Waals surface area contributed by atoms with Gasteiger partial charge in [0.2, 0.25) is 5.89 Å². The first-order chi connectivity index (χ1) is 14.0. The van der Waals surface area contributed by atoms with Crippen LogP contribution in [0.5, 0.6) is 0 Å². The monoisotopic (exact) mass is 390 g/mol. The number of anilines is 1. The van der Waals surface area contributed by atoms with Crippen LogP contribution in [0.1, 0.15) is 18.9 Å². The van der Waals surface area contributed by atoms with Crippen LogP contribution in [0, 0.1) is 5.21 Å². The van der Waals surface area contributed by atoms with Gasteiger partial charge >= 0.3 is 0 Å². The molecule has 0 unspecified atom stereocenters. The number of fused-ring (bicyclic) bond motifs is 1. The van der Waals surface area contributed by atoms with Gasteiger partial charge < -0.3 is 20.0 Å². The molecule has 0 amide bonds. The topological polar surface area (TPSA) is 106 Å². The van der Waals surface area contributed by atoms with Gasteiger partial charge in [-0.15, -0.1) is 0 Å². The summed E-state index contributed by atoms with van der Waals surface area (Å²) in [6, 6.07) is 9.78. The Bertz CT molecular complexity index is 1140. The highest BCUT2D eigenvalue weighted by Gasteiger charge is 2.25. The quantitative estimate of drug-likeness (QED) is 0.423. The Morgan fingerprint density at radius 3 is 2.76 bits per heavy atom. The summed E-state index contributed by atoms with van der Waals surface area (Å²) in [4.78, 5) is 8.87. The minimum Gasteiger partial charge on any atom is -0.633 e. The van der Waals surface area contributed by atoms with Crippen LogP contribution in [-0.2, 0) is 0 Å². The molecule has 3 aromatic heterocycles. The number of para-hydroxylation sites is 2. The molecule has 8 nitrogen and oxygen atoms in total. The van der Waals surface area contributed by atoms with Gasteiger partial charge in [0.25, 0.3) is 0 Å². The van der Waals surface area contributed by atoms with Crippen molar-refractivity contribution in [3.63, 3.8) is 0 Å². The molecule has 0 radical (unpaired) electrons. The van der Waals surface area contributed by atoms with Crippen LogP contribution >= 0.6 is 0 Å². The van der Waals surface area contributed by atoms with Gasteiger partial charge in [-0.2, -0.15) is 5.10 Å². The number of nitrogen functional groups attached to an aromatic ring is 1. The van der Waals surface area contributed by atoms with Crippen molar-refractivity contribution in [2.75, 3.05) is 25.9 Å². The molecular formula is C21H22N6O2. The first-order valence-electron chi connectivity index (χ1n) is 9.70. The second-order valence-corrected chi connectivity index (χ2v) is 7.83. The van der Waals surface area contributed by atoms with Crippen LogP contribution in [0.2, 0.25) is 0 Å². The number of oxazole rings is 1. The lowest BCUT2D eigenvalue weighted by Crippen LogP contribution is -2.44. The molecule has 1 aliphatic heterocycles. The number of nitrogens with two attached hydrogens (primary N) is 1. The van der Waals surface area contributed by atoms with E-state index in [1.165, 1.54) is 0 Å². The van der Waals surface area contributed by atoms with Crippen molar-refractivity contribution in [1.82, 2.24) is 19.7 Å². The number of rotatable bonds is 3. The minimum atomic E-state index is -0.166. The highest BCUT2D eigenvalue weighted by molar-refractivity contribution is 5.80. The third-order valence-corrected chi connectivity index (χ3v) is 5.62. The predicted octanol–water partition coefficient (Wildman–Crippen LogP) is 3.61. The number of pyridine rings is 1. The summed E-state index contributed by atoms with van der Waals surface area (Å²) in [5.74, 6) is 0.817. The highest BCUT2D eigenvalue weighted by Crippen LogP contribution is 2.32. The summed E-state index contributed by atoms with van der Waals surface area (Å²) in [7, 11) is 1.73. The molecule has 0 atom stereocenters. The Hall–Kier alpha value is -3.23. The van der Waals surface area contributed by atoms with Crippen LogP contribution in [-0.4, -0.2) is 44.5 Å². The molecule has 5 rings (SSSR count). The van der Waals surface area contributed by atoms with E-state index < -0.39 is 0 Å². The molecule has 148 valence electrons. The summed E-state index contributed by atoms with van der Waals surface area (Å²) in [6.07, 6.45) is 7.22. The molecule has 0 aliphatic carbocycles. The van der Waals surface area contributed by atoms with E-state index in [9.17, 15) is 5.21 Å². The molecule has 0 spiro atoms. The van der Waals surface area contributed by atoms with Gasteiger partial charge in [0.05, 0.1) is 37.9 Å². The molecule has 4 heterocycles. The second-order valence-electron chi connectivity index (χ2n) is 7.83. The summed E-state index contributed by atoms with van der Waals surface area (Å²) in [5, 5.41) is 16.6. The van der Waals surface area contributed by atoms with Gasteiger partial charge in [-0.05, 0) is 18.2 Å². The van der Waals surface area contributed by atoms with Crippen LogP contribution in [0.3, 0.4) is 0 Å². The third-order valence-electron chi connectivity index (χ3n) is 5.62. The Morgan fingerprint density at radius 1 is 1.17 bits per heavy atom. The van der Waals surface area contributed by atoms with Gasteiger partial charge in [0.15, 0.2) is 5.58 Å². The number of benzene rings is 1. The summed E-state index contributed by atoms with van der Waals surface area (Å²) < 4.78 is 7.66. The van der Waals surface area contributed by atoms with Crippen molar-refractivity contribution in [2.24, 2.45) is 0 Å². The molecule has 0 saturated carbocycles. The molecular weight excluding hydrogens is 368 g/mol. The van der Waals surface area contributed by atoms with Crippen molar-refractivity contribution in [1.29, 1.82) is 0 Å². The Kier molecular flexibility index (Phi) is 4.11. The first-order valence-corrected chi connectivity index (χ1v) is 9.70. The molecule has 2 N–H and O–H groups in total. The fraction of sp³-hybridized carbons (Fsp3) is 0.286. The zero-order valence-corrected chi connectivity index (χ0v) is 16.2. The molecule has 1 aromatic carbocycles. The van der Waals surface area contributed by atoms with E-state index in [1.54, 1.807) is 13.2 Å². The zero-order valence-electron chi connectivity index (χ0n) is 16.2. The Labute approximate surface area is 167 Å². The van der Waals surface area contributed by atoms with Crippen molar-refractivity contribution < 1.29 is 9.06 Å². The average molecular weight is 390 g/mol. The van der Waals surface area contributed by atoms with Gasteiger partial charge in [0, 0.05) is 36.4 Å². The molecule has 0 bridgehead atoms. The van der Waals surface area contributed by atoms with Crippen LogP contribution in [0.4, 0.5) is 5.82 Å². The Balaban J connectivity index is 1.45. The van der Waals surface area contributed by atoms with Crippen molar-refractivity contribution >= 4 is 16.9 Å². The molecule has 29 heavy (non-hydrogen) atoms. The average Bonchev–Trinajstić information content (AvgIpc) is 3.35. The lowest BCUT2D eigenvalue weighted by atomic mass is 10.1. The maximum Gasteiger partial charge on any atom is 0.231 e. The van der Waals surface area contributed by atoms with Gasteiger partial charge in [0.1, 0.15) is 11.3 Å². The minimum absolute atomic E-state index is 0.166. The van der Waals surface area contributed by atoms with Gasteiger partial charge in [-0.1, -0.05) is 12.1 Å². The van der Waals surface area contributed by atoms with E-state index in [0.717, 1.165) is 29.5 Å². The van der Waals surface area contributed by atoms with E-state index in [0.29, 0.717) is 35.9 Å². The number of hydrogen-bond donors (Lipinski definition) is 1. The lowest BCUT2D eigenvalue weighted by molar-refractivity contribution is -0.866. The number of likely N-dealkylation sites (tertiary alicyclic amines) is 1. The van der Waals surface area contributed by atoms with E-state index in [-0.39, 0.29) is 10.7 Å². The number of hydroxylamine groups is 3. The highest BCUT2D eigenvalue weighted by atomic mass is 16.5. The number of piperidine rings is 1. The second kappa shape index (κ2) is 6.68. The number of nitrogens with zero attached hydrogens (tertiary/aromatic N) is 5. The fourth-order valence-corrected chi connectivity index (χ4v) is 3.84. The Morgan fingerprint density at radius 2 is 1.97 bits per heavy atom. The molecule has 4 aromatic rings. The van der Waals surface area contributed by atoms with Crippen molar-refractivity contribution in [3.05, 3.63) is 54.1 Å². The zero-order chi connectivity index (χ0) is 20.0. The van der Waals surface area contributed by atoms with E-state index in [4.69, 9.17) is 10.2 Å². The molecule has 1 aliphatic rings. The summed E-state index contributed by atoms with van der Waals surface area (Å²) in [6.45, 7) is 1.23. The van der Waals surface area contributed by atoms with E-state index >= 15 is 0 Å². The number of aromatic nitrogens is 4.